The van der Waals surface area contributed by atoms with E-state index in [2.05, 4.69) is 15.6 Å². The maximum absolute atomic E-state index is 13.2. The van der Waals surface area contributed by atoms with Crippen molar-refractivity contribution in [2.45, 2.75) is 49.1 Å². The fraction of sp³-hybridized carbons (Fsp3) is 0.419. The van der Waals surface area contributed by atoms with E-state index in [-0.39, 0.29) is 17.6 Å². The Morgan fingerprint density at radius 2 is 1.78 bits per heavy atom. The van der Waals surface area contributed by atoms with Crippen LogP contribution in [0.5, 0.6) is 0 Å². The first kappa shape index (κ1) is 31.7. The molecule has 2 aromatic carbocycles. The SMILES string of the molecule is CN[C@@H]1CCN(c2nc(NCC(c3ccccc3)c3ccccc3)c3ncn([C@@H]4O[C@H](CO)[C@@H](O)[C@H]4OC(=O)C(F)(F)F)c3n2)C1. The van der Waals surface area contributed by atoms with E-state index in [1.165, 1.54) is 10.9 Å². The van der Waals surface area contributed by atoms with Gasteiger partial charge < -0.3 is 35.2 Å². The molecule has 5 atom stereocenters. The van der Waals surface area contributed by atoms with Gasteiger partial charge >= 0.3 is 12.1 Å². The predicted molar refractivity (Wildman–Crippen MR) is 161 cm³/mol. The first-order valence-electron chi connectivity index (χ1n) is 14.9. The van der Waals surface area contributed by atoms with E-state index < -0.39 is 43.3 Å². The van der Waals surface area contributed by atoms with Crippen LogP contribution in [-0.2, 0) is 14.3 Å². The summed E-state index contributed by atoms with van der Waals surface area (Å²) in [5.74, 6) is -1.83. The van der Waals surface area contributed by atoms with E-state index >= 15 is 0 Å². The number of esters is 1. The Labute approximate surface area is 262 Å². The molecule has 2 aliphatic rings. The van der Waals surface area contributed by atoms with Gasteiger partial charge in [0.1, 0.15) is 12.2 Å². The minimum atomic E-state index is -5.31. The quantitative estimate of drug-likeness (QED) is 0.190. The number of carbonyl (C=O) groups excluding carboxylic acids is 1. The molecule has 0 unspecified atom stereocenters. The summed E-state index contributed by atoms with van der Waals surface area (Å²) in [5.41, 5.74) is 2.62. The van der Waals surface area contributed by atoms with Gasteiger partial charge in [0, 0.05) is 31.6 Å². The van der Waals surface area contributed by atoms with E-state index in [0.717, 1.165) is 17.5 Å². The van der Waals surface area contributed by atoms with Crippen LogP contribution in [0.15, 0.2) is 67.0 Å². The van der Waals surface area contributed by atoms with Crippen LogP contribution in [0.3, 0.4) is 0 Å². The van der Waals surface area contributed by atoms with E-state index in [0.29, 0.717) is 36.9 Å². The maximum Gasteiger partial charge on any atom is 0.490 e. The molecular weight excluding hydrogens is 607 g/mol. The zero-order chi connectivity index (χ0) is 32.4. The van der Waals surface area contributed by atoms with Crippen LogP contribution < -0.4 is 15.5 Å². The Morgan fingerprint density at radius 3 is 2.37 bits per heavy atom. The number of halogens is 3. The number of aliphatic hydroxyl groups is 2. The number of rotatable bonds is 10. The highest BCUT2D eigenvalue weighted by Crippen LogP contribution is 2.37. The zero-order valence-electron chi connectivity index (χ0n) is 24.8. The average molecular weight is 642 g/mol. The van der Waals surface area contributed by atoms with Gasteiger partial charge in [0.05, 0.1) is 12.9 Å². The second-order valence-corrected chi connectivity index (χ2v) is 11.3. The number of nitrogens with one attached hydrogen (secondary N) is 2. The van der Waals surface area contributed by atoms with Crippen molar-refractivity contribution in [1.29, 1.82) is 0 Å². The molecule has 0 radical (unpaired) electrons. The highest BCUT2D eigenvalue weighted by molar-refractivity contribution is 5.84. The molecule has 2 saturated heterocycles. The molecule has 15 heteroatoms. The molecule has 0 bridgehead atoms. The van der Waals surface area contributed by atoms with Gasteiger partial charge in [0.15, 0.2) is 29.3 Å². The number of aromatic nitrogens is 4. The molecule has 4 heterocycles. The smallest absolute Gasteiger partial charge is 0.448 e. The predicted octanol–water partition coefficient (Wildman–Crippen LogP) is 2.59. The first-order valence-corrected chi connectivity index (χ1v) is 14.9. The molecule has 244 valence electrons. The van der Waals surface area contributed by atoms with Crippen LogP contribution in [-0.4, -0.2) is 99.5 Å². The normalized spacial score (nSPS) is 23.4. The minimum absolute atomic E-state index is 0.0665. The largest absolute Gasteiger partial charge is 0.490 e. The van der Waals surface area contributed by atoms with Gasteiger partial charge in [-0.25, -0.2) is 9.78 Å². The van der Waals surface area contributed by atoms with Crippen molar-refractivity contribution in [1.82, 2.24) is 24.8 Å². The van der Waals surface area contributed by atoms with E-state index in [1.54, 1.807) is 0 Å². The van der Waals surface area contributed by atoms with Gasteiger partial charge in [0.25, 0.3) is 0 Å². The van der Waals surface area contributed by atoms with Crippen molar-refractivity contribution in [2.75, 3.05) is 43.5 Å². The Kier molecular flexibility index (Phi) is 9.08. The van der Waals surface area contributed by atoms with Crippen molar-refractivity contribution in [3.8, 4) is 0 Å². The molecule has 0 spiro atoms. The molecule has 2 aromatic heterocycles. The highest BCUT2D eigenvalue weighted by atomic mass is 19.4. The fourth-order valence-corrected chi connectivity index (χ4v) is 5.94. The molecule has 2 fully saturated rings. The number of carbonyl (C=O) groups is 1. The fourth-order valence-electron chi connectivity index (χ4n) is 5.94. The van der Waals surface area contributed by atoms with Crippen molar-refractivity contribution in [3.05, 3.63) is 78.1 Å². The lowest BCUT2D eigenvalue weighted by Crippen LogP contribution is -2.40. The Bertz CT molecular complexity index is 1600. The first-order chi connectivity index (χ1) is 22.2. The van der Waals surface area contributed by atoms with Gasteiger partial charge in [-0.05, 0) is 24.6 Å². The van der Waals surface area contributed by atoms with Crippen molar-refractivity contribution >= 4 is 28.9 Å². The number of benzene rings is 2. The van der Waals surface area contributed by atoms with Gasteiger partial charge in [0.2, 0.25) is 5.95 Å². The molecule has 0 aliphatic carbocycles. The van der Waals surface area contributed by atoms with Crippen LogP contribution in [0.2, 0.25) is 0 Å². The van der Waals surface area contributed by atoms with Crippen molar-refractivity contribution in [2.24, 2.45) is 0 Å². The van der Waals surface area contributed by atoms with Crippen molar-refractivity contribution < 1.29 is 37.7 Å². The number of hydrogen-bond donors (Lipinski definition) is 4. The summed E-state index contributed by atoms with van der Waals surface area (Å²) >= 11 is 0. The lowest BCUT2D eigenvalue weighted by Gasteiger charge is -2.23. The molecule has 4 aromatic rings. The van der Waals surface area contributed by atoms with Gasteiger partial charge in [-0.2, -0.15) is 23.1 Å². The standard InChI is InChI=1S/C31H34F3N7O5/c1-35-20-12-13-40(15-20)30-38-26(36-14-21(18-8-4-2-5-9-18)19-10-6-3-7-11-19)23-27(39-30)41(17-37-23)28-25(24(43)22(16-42)45-28)46-29(44)31(32,33)34/h2-11,17,20-22,24-25,28,35,42-43H,12-16H2,1H3,(H,36,38,39)/t20-,22-,24-,25-,28-/m1/s1. The third kappa shape index (κ3) is 6.35. The summed E-state index contributed by atoms with van der Waals surface area (Å²) in [6.45, 7) is 0.959. The van der Waals surface area contributed by atoms with E-state index in [1.807, 2.05) is 72.6 Å². The van der Waals surface area contributed by atoms with Crippen molar-refractivity contribution in [3.63, 3.8) is 0 Å². The lowest BCUT2D eigenvalue weighted by molar-refractivity contribution is -0.211. The lowest BCUT2D eigenvalue weighted by atomic mass is 9.91. The maximum atomic E-state index is 13.2. The Hall–Kier alpha value is -4.31. The molecule has 46 heavy (non-hydrogen) atoms. The Morgan fingerprint density at radius 1 is 1.11 bits per heavy atom. The number of alkyl halides is 3. The molecule has 12 nitrogen and oxygen atoms in total. The van der Waals surface area contributed by atoms with Gasteiger partial charge in [-0.15, -0.1) is 0 Å². The molecule has 4 N–H and O–H groups in total. The summed E-state index contributed by atoms with van der Waals surface area (Å²) < 4.78 is 51.2. The Balaban J connectivity index is 1.40. The summed E-state index contributed by atoms with van der Waals surface area (Å²) in [5, 5.41) is 27.1. The molecule has 2 aliphatic heterocycles. The zero-order valence-corrected chi connectivity index (χ0v) is 24.8. The molecule has 6 rings (SSSR count). The van der Waals surface area contributed by atoms with Crippen LogP contribution >= 0.6 is 0 Å². The van der Waals surface area contributed by atoms with Crippen LogP contribution in [0, 0.1) is 0 Å². The monoisotopic (exact) mass is 641 g/mol. The summed E-state index contributed by atoms with van der Waals surface area (Å²) in [6.07, 6.45) is -9.52. The second-order valence-electron chi connectivity index (χ2n) is 11.3. The molecular formula is C31H34F3N7O5. The summed E-state index contributed by atoms with van der Waals surface area (Å²) in [6, 6.07) is 20.1. The van der Waals surface area contributed by atoms with Crippen LogP contribution in [0.4, 0.5) is 24.9 Å². The molecule has 0 saturated carbocycles. The number of likely N-dealkylation sites (N-methyl/N-ethyl adjacent to an activating group) is 1. The van der Waals surface area contributed by atoms with Crippen LogP contribution in [0.25, 0.3) is 11.2 Å². The third-order valence-corrected chi connectivity index (χ3v) is 8.41. The molecule has 0 amide bonds. The third-order valence-electron chi connectivity index (χ3n) is 8.41. The van der Waals surface area contributed by atoms with Gasteiger partial charge in [-0.1, -0.05) is 60.7 Å². The number of anilines is 2. The topological polar surface area (TPSA) is 147 Å². The minimum Gasteiger partial charge on any atom is -0.448 e. The number of aliphatic hydroxyl groups excluding tert-OH is 2. The highest BCUT2D eigenvalue weighted by Gasteiger charge is 2.51. The van der Waals surface area contributed by atoms with Crippen LogP contribution in [0.1, 0.15) is 29.7 Å². The summed E-state index contributed by atoms with van der Waals surface area (Å²) in [7, 11) is 1.87. The second kappa shape index (κ2) is 13.2. The number of imidazole rings is 1. The van der Waals surface area contributed by atoms with Gasteiger partial charge in [-0.3, -0.25) is 4.57 Å². The summed E-state index contributed by atoms with van der Waals surface area (Å²) in [4.78, 5) is 27.8. The number of ether oxygens (including phenoxy) is 2. The number of nitrogens with zero attached hydrogens (tertiary/aromatic N) is 5. The average Bonchev–Trinajstić information content (AvgIpc) is 3.79. The number of hydrogen-bond acceptors (Lipinski definition) is 11. The van der Waals surface area contributed by atoms with E-state index in [9.17, 15) is 28.2 Å². The number of fused-ring (bicyclic) bond motifs is 1. The van der Waals surface area contributed by atoms with E-state index in [4.69, 9.17) is 19.4 Å².